The second-order valence-corrected chi connectivity index (χ2v) is 13.2. The van der Waals surface area contributed by atoms with Gasteiger partial charge >= 0.3 is 12.1 Å². The third-order valence-corrected chi connectivity index (χ3v) is 8.99. The fourth-order valence-corrected chi connectivity index (χ4v) is 6.33. The number of pyridine rings is 1. The van der Waals surface area contributed by atoms with Crippen LogP contribution in [-0.4, -0.2) is 47.6 Å². The first-order valence-corrected chi connectivity index (χ1v) is 16.6. The van der Waals surface area contributed by atoms with E-state index in [0.29, 0.717) is 29.3 Å². The maximum absolute atomic E-state index is 16.0. The molecule has 1 fully saturated rings. The van der Waals surface area contributed by atoms with Crippen LogP contribution < -0.4 is 10.9 Å². The molecule has 0 aliphatic carbocycles. The van der Waals surface area contributed by atoms with Crippen molar-refractivity contribution >= 4 is 11.9 Å². The molecular weight excluding hydrogens is 645 g/mol. The highest BCUT2D eigenvalue weighted by molar-refractivity contribution is 5.82. The summed E-state index contributed by atoms with van der Waals surface area (Å²) in [5, 5.41) is 2.73. The van der Waals surface area contributed by atoms with Gasteiger partial charge in [0.15, 0.2) is 0 Å². The third-order valence-electron chi connectivity index (χ3n) is 8.99. The summed E-state index contributed by atoms with van der Waals surface area (Å²) in [5.41, 5.74) is 0.0254. The molecule has 0 bridgehead atoms. The minimum Gasteiger partial charge on any atom is -0.466 e. The van der Waals surface area contributed by atoms with Gasteiger partial charge in [-0.1, -0.05) is 19.9 Å². The number of carbonyl (C=O) groups is 2. The first kappa shape index (κ1) is 37.8. The first-order chi connectivity index (χ1) is 23.0. The number of amides is 1. The van der Waals surface area contributed by atoms with E-state index in [0.717, 1.165) is 35.8 Å². The van der Waals surface area contributed by atoms with Crippen LogP contribution in [0.25, 0.3) is 11.1 Å². The topological polar surface area (TPSA) is 80.6 Å². The van der Waals surface area contributed by atoms with Crippen LogP contribution >= 0.6 is 0 Å². The average Bonchev–Trinajstić information content (AvgIpc) is 2.98. The molecule has 0 spiro atoms. The van der Waals surface area contributed by atoms with Gasteiger partial charge in [-0.15, -0.1) is 0 Å². The Balaban J connectivity index is 1.80. The predicted octanol–water partition coefficient (Wildman–Crippen LogP) is 7.38. The van der Waals surface area contributed by atoms with Gasteiger partial charge in [-0.05, 0) is 118 Å². The molecule has 2 aromatic carbocycles. The van der Waals surface area contributed by atoms with Gasteiger partial charge in [0.25, 0.3) is 5.56 Å². The van der Waals surface area contributed by atoms with Gasteiger partial charge in [-0.3, -0.25) is 14.4 Å². The van der Waals surface area contributed by atoms with E-state index in [2.05, 4.69) is 5.32 Å². The highest BCUT2D eigenvalue weighted by atomic mass is 19.4. The molecule has 1 N–H and O–H groups in total. The van der Waals surface area contributed by atoms with Crippen LogP contribution in [0.2, 0.25) is 0 Å². The molecule has 1 unspecified atom stereocenters. The number of nitrogens with zero attached hydrogens (tertiary/aromatic N) is 2. The number of hydrogen-bond donors (Lipinski definition) is 1. The molecule has 1 aromatic heterocycles. The van der Waals surface area contributed by atoms with E-state index in [9.17, 15) is 31.9 Å². The minimum absolute atomic E-state index is 0.0207. The van der Waals surface area contributed by atoms with Gasteiger partial charge < -0.3 is 19.5 Å². The molecule has 266 valence electrons. The number of benzene rings is 2. The van der Waals surface area contributed by atoms with Gasteiger partial charge in [0.2, 0.25) is 5.91 Å². The summed E-state index contributed by atoms with van der Waals surface area (Å²) in [7, 11) is 0. The van der Waals surface area contributed by atoms with Gasteiger partial charge in [0, 0.05) is 24.4 Å². The lowest BCUT2D eigenvalue weighted by Crippen LogP contribution is -2.41. The van der Waals surface area contributed by atoms with E-state index in [-0.39, 0.29) is 42.1 Å². The number of rotatable bonds is 13. The second-order valence-electron chi connectivity index (χ2n) is 13.2. The second kappa shape index (κ2) is 15.7. The zero-order valence-corrected chi connectivity index (χ0v) is 28.8. The van der Waals surface area contributed by atoms with Crippen LogP contribution in [-0.2, 0) is 26.9 Å². The molecule has 1 aliphatic heterocycles. The number of aryl methyl sites for hydroxylation is 2. The van der Waals surface area contributed by atoms with Crippen LogP contribution in [0.3, 0.4) is 0 Å². The summed E-state index contributed by atoms with van der Waals surface area (Å²) in [4.78, 5) is 42.2. The Kier molecular flexibility index (Phi) is 12.1. The summed E-state index contributed by atoms with van der Waals surface area (Å²) >= 11 is 0. The molecule has 0 saturated carbocycles. The average molecular weight is 690 g/mol. The predicted molar refractivity (Wildman–Crippen MR) is 177 cm³/mol. The summed E-state index contributed by atoms with van der Waals surface area (Å²) in [6.07, 6.45) is -3.09. The normalized spacial score (nSPS) is 14.8. The lowest BCUT2D eigenvalue weighted by molar-refractivity contribution is -0.144. The van der Waals surface area contributed by atoms with Gasteiger partial charge in [-0.2, -0.15) is 13.2 Å². The molecule has 2 atom stereocenters. The van der Waals surface area contributed by atoms with Crippen LogP contribution in [0.4, 0.5) is 22.0 Å². The molecule has 0 radical (unpaired) electrons. The molecular formula is C37H44F5N3O4. The molecule has 1 aliphatic rings. The number of carbonyl (C=O) groups excluding carboxylic acids is 2. The minimum atomic E-state index is -4.78. The number of aromatic nitrogens is 1. The van der Waals surface area contributed by atoms with Crippen molar-refractivity contribution in [2.75, 3.05) is 26.2 Å². The van der Waals surface area contributed by atoms with E-state index < -0.39 is 59.3 Å². The highest BCUT2D eigenvalue weighted by Crippen LogP contribution is 2.35. The molecule has 49 heavy (non-hydrogen) atoms. The Hall–Kier alpha value is -4.06. The number of ether oxygens (including phenoxy) is 1. The van der Waals surface area contributed by atoms with Crippen molar-refractivity contribution in [3.05, 3.63) is 91.9 Å². The molecule has 4 rings (SSSR count). The zero-order valence-electron chi connectivity index (χ0n) is 28.8. The van der Waals surface area contributed by atoms with E-state index in [4.69, 9.17) is 4.74 Å². The van der Waals surface area contributed by atoms with Gasteiger partial charge in [0.1, 0.15) is 17.7 Å². The van der Waals surface area contributed by atoms with Gasteiger partial charge in [0.05, 0.1) is 24.6 Å². The number of alkyl halides is 3. The van der Waals surface area contributed by atoms with Gasteiger partial charge in [-0.25, -0.2) is 8.78 Å². The number of esters is 1. The number of halogens is 5. The van der Waals surface area contributed by atoms with E-state index in [1.807, 2.05) is 4.90 Å². The fraction of sp³-hybridized carbons (Fsp3) is 0.486. The molecule has 1 saturated heterocycles. The van der Waals surface area contributed by atoms with Crippen molar-refractivity contribution in [2.24, 2.45) is 5.92 Å². The Morgan fingerprint density at radius 3 is 2.31 bits per heavy atom. The van der Waals surface area contributed by atoms with Crippen molar-refractivity contribution < 1.29 is 36.3 Å². The molecule has 12 heteroatoms. The zero-order chi connectivity index (χ0) is 36.2. The van der Waals surface area contributed by atoms with Crippen LogP contribution in [0.1, 0.15) is 85.5 Å². The van der Waals surface area contributed by atoms with Crippen LogP contribution in [0, 0.1) is 38.3 Å². The Labute approximate surface area is 283 Å². The first-order valence-electron chi connectivity index (χ1n) is 16.6. The Morgan fingerprint density at radius 1 is 1.02 bits per heavy atom. The van der Waals surface area contributed by atoms with Crippen molar-refractivity contribution in [3.63, 3.8) is 0 Å². The standard InChI is InChI=1S/C37H44F5N3O4/c1-7-49-33(47)19-30(27-17-26(16-23(5)35(27)39)34-22(4)9-10-29(38)24(34)6)43-36(48)31(15-21(2)3)45-20-25(11-14-44-12-8-13-44)28(18-32(45)46)37(40,41)42/h9-10,16-18,20-21,30-31H,7-8,11-15,19H2,1-6H3,(H,43,48)/t30-,31?/m0/s1. The quantitative estimate of drug-likeness (QED) is 0.150. The molecule has 7 nitrogen and oxygen atoms in total. The van der Waals surface area contributed by atoms with E-state index in [1.54, 1.807) is 46.8 Å². The van der Waals surface area contributed by atoms with E-state index >= 15 is 4.39 Å². The maximum Gasteiger partial charge on any atom is 0.416 e. The third kappa shape index (κ3) is 8.95. The summed E-state index contributed by atoms with van der Waals surface area (Å²) < 4.78 is 78.9. The summed E-state index contributed by atoms with van der Waals surface area (Å²) in [6.45, 7) is 12.0. The Morgan fingerprint density at radius 2 is 1.71 bits per heavy atom. The highest BCUT2D eigenvalue weighted by Gasteiger charge is 2.36. The number of likely N-dealkylation sites (tertiary alicyclic amines) is 1. The lowest BCUT2D eigenvalue weighted by atomic mass is 9.90. The molecule has 3 aromatic rings. The SMILES string of the molecule is CCOC(=O)C[C@H](NC(=O)C(CC(C)C)n1cc(CCN2CCC2)c(C(F)(F)F)cc1=O)c1cc(-c2c(C)ccc(F)c2C)cc(C)c1F. The maximum atomic E-state index is 16.0. The fourth-order valence-electron chi connectivity index (χ4n) is 6.33. The number of hydrogen-bond acceptors (Lipinski definition) is 5. The summed E-state index contributed by atoms with van der Waals surface area (Å²) in [5.74, 6) is -2.85. The van der Waals surface area contributed by atoms with Crippen molar-refractivity contribution in [1.82, 2.24) is 14.8 Å². The monoisotopic (exact) mass is 689 g/mol. The largest absolute Gasteiger partial charge is 0.466 e. The molecule has 2 heterocycles. The summed E-state index contributed by atoms with van der Waals surface area (Å²) in [6, 6.07) is 3.91. The number of nitrogens with one attached hydrogen (secondary N) is 1. The Bertz CT molecular complexity index is 1750. The molecule has 1 amide bonds. The van der Waals surface area contributed by atoms with E-state index in [1.165, 1.54) is 19.1 Å². The van der Waals surface area contributed by atoms with Crippen molar-refractivity contribution in [2.45, 2.75) is 85.5 Å². The lowest BCUT2D eigenvalue weighted by Gasteiger charge is -2.31. The van der Waals surface area contributed by atoms with Crippen molar-refractivity contribution in [1.29, 1.82) is 0 Å². The van der Waals surface area contributed by atoms with Crippen molar-refractivity contribution in [3.8, 4) is 11.1 Å². The van der Waals surface area contributed by atoms with Crippen LogP contribution in [0.15, 0.2) is 41.3 Å². The smallest absolute Gasteiger partial charge is 0.416 e. The van der Waals surface area contributed by atoms with Crippen LogP contribution in [0.5, 0.6) is 0 Å².